The zero-order chi connectivity index (χ0) is 18.1. The highest BCUT2D eigenvalue weighted by Crippen LogP contribution is 2.36. The van der Waals surface area contributed by atoms with Crippen LogP contribution in [0.2, 0.25) is 5.02 Å². The molecular formula is C23H20ClNS. The average Bonchev–Trinajstić information content (AvgIpc) is 3.04. The molecule has 0 aliphatic rings. The van der Waals surface area contributed by atoms with Crippen LogP contribution in [0.1, 0.15) is 25.3 Å². The Bertz CT molecular complexity index is 1050. The molecule has 3 aromatic carbocycles. The predicted molar refractivity (Wildman–Crippen MR) is 116 cm³/mol. The average molecular weight is 378 g/mol. The highest BCUT2D eigenvalue weighted by molar-refractivity contribution is 7.17. The minimum atomic E-state index is 0.517. The summed E-state index contributed by atoms with van der Waals surface area (Å²) >= 11 is 8.15. The second-order valence-electron chi connectivity index (χ2n) is 6.78. The zero-order valence-corrected chi connectivity index (χ0v) is 16.4. The number of thiophene rings is 1. The van der Waals surface area contributed by atoms with E-state index in [9.17, 15) is 0 Å². The normalized spacial score (nSPS) is 11.2. The molecule has 0 saturated heterocycles. The highest BCUT2D eigenvalue weighted by atomic mass is 35.5. The molecule has 26 heavy (non-hydrogen) atoms. The largest absolute Gasteiger partial charge is 0.354 e. The van der Waals surface area contributed by atoms with Gasteiger partial charge in [-0.2, -0.15) is 0 Å². The van der Waals surface area contributed by atoms with Crippen molar-refractivity contribution in [3.63, 3.8) is 0 Å². The molecule has 0 amide bonds. The Morgan fingerprint density at radius 1 is 0.885 bits per heavy atom. The summed E-state index contributed by atoms with van der Waals surface area (Å²) in [5.41, 5.74) is 5.77. The van der Waals surface area contributed by atoms with Gasteiger partial charge < -0.3 is 5.32 Å². The third-order valence-electron chi connectivity index (χ3n) is 4.55. The fourth-order valence-corrected chi connectivity index (χ4v) is 4.23. The summed E-state index contributed by atoms with van der Waals surface area (Å²) in [5, 5.41) is 7.75. The number of rotatable bonds is 4. The lowest BCUT2D eigenvalue weighted by Crippen LogP contribution is -1.91. The number of anilines is 2. The highest BCUT2D eigenvalue weighted by Gasteiger charge is 2.09. The summed E-state index contributed by atoms with van der Waals surface area (Å²) in [6, 6.07) is 23.2. The quantitative estimate of drug-likeness (QED) is 0.379. The molecule has 0 atom stereocenters. The van der Waals surface area contributed by atoms with Gasteiger partial charge in [0.05, 0.1) is 5.69 Å². The predicted octanol–water partition coefficient (Wildman–Crippen LogP) is 8.09. The molecule has 0 radical (unpaired) electrons. The molecule has 4 rings (SSSR count). The third kappa shape index (κ3) is 3.48. The first-order valence-electron chi connectivity index (χ1n) is 8.74. The van der Waals surface area contributed by atoms with Gasteiger partial charge in [0.15, 0.2) is 0 Å². The maximum absolute atomic E-state index is 6.39. The van der Waals surface area contributed by atoms with Gasteiger partial charge in [-0.3, -0.25) is 0 Å². The van der Waals surface area contributed by atoms with Gasteiger partial charge in [-0.1, -0.05) is 61.8 Å². The number of hydrogen-bond donors (Lipinski definition) is 1. The van der Waals surface area contributed by atoms with Gasteiger partial charge in [0.1, 0.15) is 0 Å². The number of benzene rings is 3. The van der Waals surface area contributed by atoms with Gasteiger partial charge >= 0.3 is 0 Å². The van der Waals surface area contributed by atoms with E-state index >= 15 is 0 Å². The second kappa shape index (κ2) is 7.14. The van der Waals surface area contributed by atoms with Crippen LogP contribution in [0.3, 0.4) is 0 Å². The number of hydrogen-bond acceptors (Lipinski definition) is 2. The van der Waals surface area contributed by atoms with E-state index in [1.54, 1.807) is 11.3 Å². The van der Waals surface area contributed by atoms with E-state index in [-0.39, 0.29) is 0 Å². The van der Waals surface area contributed by atoms with E-state index in [0.29, 0.717) is 5.92 Å². The van der Waals surface area contributed by atoms with E-state index < -0.39 is 0 Å². The van der Waals surface area contributed by atoms with Crippen molar-refractivity contribution >= 4 is 44.4 Å². The van der Waals surface area contributed by atoms with Crippen LogP contribution < -0.4 is 5.32 Å². The van der Waals surface area contributed by atoms with Gasteiger partial charge in [-0.15, -0.1) is 11.3 Å². The SMILES string of the molecule is CC(C)c1ccc2scc(Nc3cc(Cl)cc(-c4ccccc4)c3)c2c1. The molecule has 0 saturated carbocycles. The Hall–Kier alpha value is -2.29. The fourth-order valence-electron chi connectivity index (χ4n) is 3.12. The first-order chi connectivity index (χ1) is 12.6. The molecule has 1 N–H and O–H groups in total. The fraction of sp³-hybridized carbons (Fsp3) is 0.130. The van der Waals surface area contributed by atoms with Crippen molar-refractivity contribution in [3.05, 3.63) is 82.7 Å². The van der Waals surface area contributed by atoms with E-state index in [0.717, 1.165) is 27.5 Å². The molecule has 1 heterocycles. The topological polar surface area (TPSA) is 12.0 Å². The Morgan fingerprint density at radius 3 is 2.46 bits per heavy atom. The maximum atomic E-state index is 6.39. The first-order valence-corrected chi connectivity index (χ1v) is 10.00. The summed E-state index contributed by atoms with van der Waals surface area (Å²) in [6.45, 7) is 4.45. The van der Waals surface area contributed by atoms with Crippen molar-refractivity contribution < 1.29 is 0 Å². The molecule has 1 aromatic heterocycles. The lowest BCUT2D eigenvalue weighted by molar-refractivity contribution is 0.869. The van der Waals surface area contributed by atoms with Crippen molar-refractivity contribution in [1.82, 2.24) is 0 Å². The number of nitrogens with one attached hydrogen (secondary N) is 1. The van der Waals surface area contributed by atoms with Gasteiger partial charge in [0.2, 0.25) is 0 Å². The summed E-state index contributed by atoms with van der Waals surface area (Å²) in [7, 11) is 0. The van der Waals surface area contributed by atoms with Gasteiger partial charge in [0.25, 0.3) is 0 Å². The van der Waals surface area contributed by atoms with E-state index in [1.165, 1.54) is 15.6 Å². The second-order valence-corrected chi connectivity index (χ2v) is 8.13. The van der Waals surface area contributed by atoms with Crippen LogP contribution in [0.15, 0.2) is 72.1 Å². The Morgan fingerprint density at radius 2 is 1.69 bits per heavy atom. The molecule has 0 aliphatic heterocycles. The van der Waals surface area contributed by atoms with Crippen LogP contribution in [0.5, 0.6) is 0 Å². The summed E-state index contributed by atoms with van der Waals surface area (Å²) in [4.78, 5) is 0. The molecule has 0 spiro atoms. The van der Waals surface area contributed by atoms with Crippen LogP contribution in [-0.2, 0) is 0 Å². The van der Waals surface area contributed by atoms with E-state index in [4.69, 9.17) is 11.6 Å². The van der Waals surface area contributed by atoms with Crippen LogP contribution in [0.4, 0.5) is 11.4 Å². The Labute approximate surface area is 163 Å². The van der Waals surface area contributed by atoms with Crippen molar-refractivity contribution in [1.29, 1.82) is 0 Å². The van der Waals surface area contributed by atoms with Gasteiger partial charge in [0, 0.05) is 26.2 Å². The van der Waals surface area contributed by atoms with Gasteiger partial charge in [-0.25, -0.2) is 0 Å². The molecule has 0 fully saturated rings. The lowest BCUT2D eigenvalue weighted by atomic mass is 10.0. The smallest absolute Gasteiger partial charge is 0.0573 e. The Kier molecular flexibility index (Phi) is 4.71. The summed E-state index contributed by atoms with van der Waals surface area (Å²) < 4.78 is 1.29. The molecule has 4 aromatic rings. The van der Waals surface area contributed by atoms with Crippen molar-refractivity contribution in [3.8, 4) is 11.1 Å². The molecule has 3 heteroatoms. The van der Waals surface area contributed by atoms with Crippen LogP contribution in [0.25, 0.3) is 21.2 Å². The molecular weight excluding hydrogens is 358 g/mol. The Balaban J connectivity index is 1.72. The molecule has 0 bridgehead atoms. The van der Waals surface area contributed by atoms with Crippen LogP contribution in [-0.4, -0.2) is 0 Å². The first kappa shape index (κ1) is 17.1. The van der Waals surface area contributed by atoms with Crippen molar-refractivity contribution in [2.24, 2.45) is 0 Å². The monoisotopic (exact) mass is 377 g/mol. The molecule has 0 unspecified atom stereocenters. The number of fused-ring (bicyclic) bond motifs is 1. The van der Waals surface area contributed by atoms with Crippen LogP contribution >= 0.6 is 22.9 Å². The van der Waals surface area contributed by atoms with Gasteiger partial charge in [-0.05, 0) is 52.9 Å². The number of halogens is 1. The van der Waals surface area contributed by atoms with Crippen molar-refractivity contribution in [2.75, 3.05) is 5.32 Å². The minimum absolute atomic E-state index is 0.517. The summed E-state index contributed by atoms with van der Waals surface area (Å²) in [6.07, 6.45) is 0. The lowest BCUT2D eigenvalue weighted by Gasteiger charge is -2.10. The minimum Gasteiger partial charge on any atom is -0.354 e. The zero-order valence-electron chi connectivity index (χ0n) is 14.8. The molecule has 1 nitrogen and oxygen atoms in total. The summed E-state index contributed by atoms with van der Waals surface area (Å²) in [5.74, 6) is 0.517. The van der Waals surface area contributed by atoms with E-state index in [1.807, 2.05) is 30.3 Å². The molecule has 0 aliphatic carbocycles. The van der Waals surface area contributed by atoms with Crippen molar-refractivity contribution in [2.45, 2.75) is 19.8 Å². The third-order valence-corrected chi connectivity index (χ3v) is 5.73. The standard InChI is InChI=1S/C23H20ClNS/c1-15(2)17-8-9-23-21(12-17)22(14-26-23)25-20-11-18(10-19(24)13-20)16-6-4-3-5-7-16/h3-15,25H,1-2H3. The van der Waals surface area contributed by atoms with E-state index in [2.05, 4.69) is 60.9 Å². The molecule has 130 valence electrons. The maximum Gasteiger partial charge on any atom is 0.0573 e. The van der Waals surface area contributed by atoms with Crippen LogP contribution in [0, 0.1) is 0 Å².